The monoisotopic (exact) mass is 336 g/mol. The van der Waals surface area contributed by atoms with E-state index in [1.165, 1.54) is 36.5 Å². The fraction of sp³-hybridized carbons (Fsp3) is 0.267. The molecule has 23 heavy (non-hydrogen) atoms. The lowest BCUT2D eigenvalue weighted by Crippen LogP contribution is -2.43. The van der Waals surface area contributed by atoms with Crippen LogP contribution in [0.4, 0.5) is 20.6 Å². The number of amides is 3. The Balaban J connectivity index is 2.09. The van der Waals surface area contributed by atoms with E-state index in [1.54, 1.807) is 20.0 Å². The Morgan fingerprint density at radius 2 is 2.00 bits per heavy atom. The topological polar surface area (TPSA) is 83.1 Å². The first-order valence-corrected chi connectivity index (χ1v) is 7.72. The number of urea groups is 1. The van der Waals surface area contributed by atoms with Crippen LogP contribution in [-0.4, -0.2) is 16.9 Å². The molecule has 0 radical (unpaired) electrons. The van der Waals surface area contributed by atoms with Crippen LogP contribution in [0.2, 0.25) is 0 Å². The first kappa shape index (κ1) is 16.9. The van der Waals surface area contributed by atoms with Crippen molar-refractivity contribution in [3.05, 3.63) is 40.6 Å². The first-order chi connectivity index (χ1) is 10.8. The van der Waals surface area contributed by atoms with Gasteiger partial charge in [0.05, 0.1) is 11.2 Å². The maximum atomic E-state index is 13.8. The summed E-state index contributed by atoms with van der Waals surface area (Å²) in [5.74, 6) is -0.877. The van der Waals surface area contributed by atoms with Crippen molar-refractivity contribution in [1.82, 2.24) is 10.3 Å². The molecule has 3 amide bonds. The molecule has 2 aromatic rings. The molecule has 0 atom stereocenters. The van der Waals surface area contributed by atoms with Crippen LogP contribution < -0.4 is 16.0 Å². The molecule has 0 spiro atoms. The summed E-state index contributed by atoms with van der Waals surface area (Å²) in [6.07, 6.45) is 1.65. The number of halogens is 1. The van der Waals surface area contributed by atoms with Gasteiger partial charge >= 0.3 is 6.03 Å². The number of nitrogens with one attached hydrogen (secondary N) is 3. The SMILES string of the molecule is CC(=O)Nc1ccc(F)c(NC(=O)NC(C)(C)c2nccs2)c1. The van der Waals surface area contributed by atoms with Crippen LogP contribution in [-0.2, 0) is 10.3 Å². The summed E-state index contributed by atoms with van der Waals surface area (Å²) in [6, 6.07) is 3.38. The van der Waals surface area contributed by atoms with Crippen LogP contribution in [0.3, 0.4) is 0 Å². The molecule has 0 aliphatic rings. The van der Waals surface area contributed by atoms with E-state index in [0.29, 0.717) is 5.69 Å². The zero-order valence-electron chi connectivity index (χ0n) is 12.9. The van der Waals surface area contributed by atoms with Crippen molar-refractivity contribution < 1.29 is 14.0 Å². The molecule has 2 rings (SSSR count). The van der Waals surface area contributed by atoms with Crippen LogP contribution in [0, 0.1) is 5.82 Å². The normalized spacial score (nSPS) is 11.0. The van der Waals surface area contributed by atoms with Crippen molar-refractivity contribution in [2.45, 2.75) is 26.3 Å². The molecule has 0 saturated heterocycles. The number of aromatic nitrogens is 1. The minimum atomic E-state index is -0.691. The minimum Gasteiger partial charge on any atom is -0.326 e. The van der Waals surface area contributed by atoms with Gasteiger partial charge in [-0.05, 0) is 32.0 Å². The van der Waals surface area contributed by atoms with Crippen LogP contribution in [0.15, 0.2) is 29.8 Å². The second kappa shape index (κ2) is 6.74. The highest BCUT2D eigenvalue weighted by molar-refractivity contribution is 7.09. The Labute approximate surface area is 137 Å². The van der Waals surface area contributed by atoms with E-state index in [4.69, 9.17) is 0 Å². The van der Waals surface area contributed by atoms with E-state index in [9.17, 15) is 14.0 Å². The molecule has 0 aliphatic heterocycles. The Morgan fingerprint density at radius 1 is 1.26 bits per heavy atom. The average molecular weight is 336 g/mol. The van der Waals surface area contributed by atoms with Gasteiger partial charge in [-0.15, -0.1) is 11.3 Å². The fourth-order valence-electron chi connectivity index (χ4n) is 1.93. The Kier molecular flexibility index (Phi) is 4.95. The van der Waals surface area contributed by atoms with E-state index in [1.807, 2.05) is 5.38 Å². The van der Waals surface area contributed by atoms with E-state index in [0.717, 1.165) is 5.01 Å². The maximum Gasteiger partial charge on any atom is 0.320 e. The summed E-state index contributed by atoms with van der Waals surface area (Å²) in [5, 5.41) is 10.3. The summed E-state index contributed by atoms with van der Waals surface area (Å²) in [7, 11) is 0. The molecular weight excluding hydrogens is 319 g/mol. The van der Waals surface area contributed by atoms with Gasteiger partial charge in [-0.25, -0.2) is 14.2 Å². The number of nitrogens with zero attached hydrogens (tertiary/aromatic N) is 1. The minimum absolute atomic E-state index is 0.0244. The smallest absolute Gasteiger partial charge is 0.320 e. The number of benzene rings is 1. The lowest BCUT2D eigenvalue weighted by Gasteiger charge is -2.24. The number of anilines is 2. The van der Waals surface area contributed by atoms with Crippen LogP contribution in [0.5, 0.6) is 0 Å². The summed E-state index contributed by atoms with van der Waals surface area (Å²) in [4.78, 5) is 27.3. The van der Waals surface area contributed by atoms with Crippen LogP contribution in [0.1, 0.15) is 25.8 Å². The van der Waals surface area contributed by atoms with Crippen molar-refractivity contribution >= 4 is 34.6 Å². The molecule has 1 heterocycles. The molecule has 6 nitrogen and oxygen atoms in total. The molecular formula is C15H17FN4O2S. The third-order valence-corrected chi connectivity index (χ3v) is 4.02. The van der Waals surface area contributed by atoms with Crippen LogP contribution in [0.25, 0.3) is 0 Å². The number of thiazole rings is 1. The van der Waals surface area contributed by atoms with Gasteiger partial charge in [0.25, 0.3) is 0 Å². The molecule has 3 N–H and O–H groups in total. The van der Waals surface area contributed by atoms with Crippen molar-refractivity contribution in [3.8, 4) is 0 Å². The largest absolute Gasteiger partial charge is 0.326 e. The molecule has 0 saturated carbocycles. The summed E-state index contributed by atoms with van der Waals surface area (Å²) < 4.78 is 13.8. The molecule has 1 aromatic heterocycles. The van der Waals surface area contributed by atoms with Crippen molar-refractivity contribution in [2.24, 2.45) is 0 Å². The lowest BCUT2D eigenvalue weighted by atomic mass is 10.1. The van der Waals surface area contributed by atoms with Crippen molar-refractivity contribution in [1.29, 1.82) is 0 Å². The highest BCUT2D eigenvalue weighted by Gasteiger charge is 2.25. The molecule has 8 heteroatoms. The Morgan fingerprint density at radius 3 is 2.61 bits per heavy atom. The van der Waals surface area contributed by atoms with Crippen molar-refractivity contribution in [3.63, 3.8) is 0 Å². The van der Waals surface area contributed by atoms with E-state index in [-0.39, 0.29) is 11.6 Å². The second-order valence-corrected chi connectivity index (χ2v) is 6.31. The predicted molar refractivity (Wildman–Crippen MR) is 88.0 cm³/mol. The summed E-state index contributed by atoms with van der Waals surface area (Å²) in [6.45, 7) is 4.95. The number of carbonyl (C=O) groups is 2. The lowest BCUT2D eigenvalue weighted by molar-refractivity contribution is -0.114. The highest BCUT2D eigenvalue weighted by Crippen LogP contribution is 2.23. The van der Waals surface area contributed by atoms with E-state index < -0.39 is 17.4 Å². The summed E-state index contributed by atoms with van der Waals surface area (Å²) >= 11 is 1.42. The zero-order valence-corrected chi connectivity index (χ0v) is 13.8. The first-order valence-electron chi connectivity index (χ1n) is 6.84. The highest BCUT2D eigenvalue weighted by atomic mass is 32.1. The second-order valence-electron chi connectivity index (χ2n) is 5.42. The van der Waals surface area contributed by atoms with Gasteiger partial charge in [0.2, 0.25) is 5.91 Å². The van der Waals surface area contributed by atoms with Gasteiger partial charge in [-0.3, -0.25) is 4.79 Å². The standard InChI is InChI=1S/C15H17FN4O2S/c1-9(21)18-10-4-5-11(16)12(8-10)19-14(22)20-15(2,3)13-17-6-7-23-13/h4-8H,1-3H3,(H,18,21)(H2,19,20,22). The van der Waals surface area contributed by atoms with E-state index in [2.05, 4.69) is 20.9 Å². The summed E-state index contributed by atoms with van der Waals surface area (Å²) in [5.41, 5.74) is -0.318. The number of rotatable bonds is 4. The van der Waals surface area contributed by atoms with Gasteiger partial charge in [0.15, 0.2) is 0 Å². The predicted octanol–water partition coefficient (Wildman–Crippen LogP) is 3.30. The third-order valence-electron chi connectivity index (χ3n) is 2.93. The Bertz CT molecular complexity index is 716. The van der Waals surface area contributed by atoms with Crippen molar-refractivity contribution in [2.75, 3.05) is 10.6 Å². The fourth-order valence-corrected chi connectivity index (χ4v) is 2.64. The molecule has 0 aliphatic carbocycles. The van der Waals surface area contributed by atoms with Gasteiger partial charge < -0.3 is 16.0 Å². The molecule has 122 valence electrons. The average Bonchev–Trinajstić information content (AvgIpc) is 2.96. The van der Waals surface area contributed by atoms with Gasteiger partial charge in [0, 0.05) is 24.2 Å². The number of carbonyl (C=O) groups excluding carboxylic acids is 2. The maximum absolute atomic E-state index is 13.8. The zero-order chi connectivity index (χ0) is 17.0. The van der Waals surface area contributed by atoms with Gasteiger partial charge in [-0.2, -0.15) is 0 Å². The van der Waals surface area contributed by atoms with Gasteiger partial charge in [0.1, 0.15) is 10.8 Å². The molecule has 0 bridgehead atoms. The molecule has 0 fully saturated rings. The molecule has 1 aromatic carbocycles. The molecule has 0 unspecified atom stereocenters. The quantitative estimate of drug-likeness (QED) is 0.801. The van der Waals surface area contributed by atoms with Crippen LogP contribution >= 0.6 is 11.3 Å². The third kappa shape index (κ3) is 4.49. The number of hydrogen-bond donors (Lipinski definition) is 3. The number of hydrogen-bond acceptors (Lipinski definition) is 4. The van der Waals surface area contributed by atoms with E-state index >= 15 is 0 Å². The van der Waals surface area contributed by atoms with Gasteiger partial charge in [-0.1, -0.05) is 0 Å². The Hall–Kier alpha value is -2.48.